The molecule has 1 aliphatic rings. The summed E-state index contributed by atoms with van der Waals surface area (Å²) in [6.07, 6.45) is -4.36. The third kappa shape index (κ3) is 3.98. The van der Waals surface area contributed by atoms with Crippen LogP contribution in [0.15, 0.2) is 17.4 Å². The lowest BCUT2D eigenvalue weighted by Gasteiger charge is -2.13. The molecule has 9 heteroatoms. The van der Waals surface area contributed by atoms with Crippen molar-refractivity contribution < 1.29 is 23.1 Å². The van der Waals surface area contributed by atoms with Crippen molar-refractivity contribution in [2.45, 2.75) is 31.7 Å². The van der Waals surface area contributed by atoms with Crippen molar-refractivity contribution in [2.75, 3.05) is 11.9 Å². The van der Waals surface area contributed by atoms with Gasteiger partial charge in [-0.3, -0.25) is 0 Å². The highest BCUT2D eigenvalue weighted by molar-refractivity contribution is 6.32. The smallest absolute Gasteiger partial charge is 0.390 e. The molecule has 0 aromatic carbocycles. The summed E-state index contributed by atoms with van der Waals surface area (Å²) >= 11 is 5.77. The minimum atomic E-state index is -4.48. The molecule has 5 nitrogen and oxygen atoms in total. The van der Waals surface area contributed by atoms with E-state index in [1.54, 1.807) is 6.92 Å². The highest BCUT2D eigenvalue weighted by Crippen LogP contribution is 2.32. The number of oxime groups is 1. The standard InChI is InChI=1S/C12H13ClF3N3O2/c1-6(20)10-3-8(21-19-10)5-18-11-9(13)2-7(4-17-11)12(14,15)16/h2,4,6,8,20H,3,5H2,1H3,(H,17,18)/t6-,8+/m1/s1. The molecule has 21 heavy (non-hydrogen) atoms. The van der Waals surface area contributed by atoms with Gasteiger partial charge in [-0.05, 0) is 13.0 Å². The van der Waals surface area contributed by atoms with Gasteiger partial charge in [0, 0.05) is 12.6 Å². The average Bonchev–Trinajstić information content (AvgIpc) is 2.85. The number of anilines is 1. The molecule has 0 saturated carbocycles. The van der Waals surface area contributed by atoms with Crippen molar-refractivity contribution in [3.63, 3.8) is 0 Å². The molecule has 2 atom stereocenters. The lowest BCUT2D eigenvalue weighted by molar-refractivity contribution is -0.137. The second kappa shape index (κ2) is 6.07. The lowest BCUT2D eigenvalue weighted by Crippen LogP contribution is -2.23. The minimum absolute atomic E-state index is 0.125. The van der Waals surface area contributed by atoms with Crippen LogP contribution in [0.2, 0.25) is 5.02 Å². The zero-order valence-electron chi connectivity index (χ0n) is 11.0. The summed E-state index contributed by atoms with van der Waals surface area (Å²) in [4.78, 5) is 8.74. The topological polar surface area (TPSA) is 66.7 Å². The molecule has 0 unspecified atom stereocenters. The summed E-state index contributed by atoms with van der Waals surface area (Å²) in [5, 5.41) is 15.7. The Morgan fingerprint density at radius 1 is 1.57 bits per heavy atom. The molecular weight excluding hydrogens is 311 g/mol. The maximum atomic E-state index is 12.5. The first-order valence-electron chi connectivity index (χ1n) is 6.14. The van der Waals surface area contributed by atoms with Gasteiger partial charge in [-0.15, -0.1) is 0 Å². The SMILES string of the molecule is C[C@@H](O)C1=NO[C@H](CNc2ncc(C(F)(F)F)cc2Cl)C1. The Morgan fingerprint density at radius 2 is 2.29 bits per heavy atom. The number of pyridine rings is 1. The summed E-state index contributed by atoms with van der Waals surface area (Å²) in [5.41, 5.74) is -0.386. The van der Waals surface area contributed by atoms with Crippen molar-refractivity contribution in [3.8, 4) is 0 Å². The number of rotatable bonds is 4. The van der Waals surface area contributed by atoms with E-state index in [2.05, 4.69) is 15.5 Å². The van der Waals surface area contributed by atoms with E-state index < -0.39 is 17.8 Å². The van der Waals surface area contributed by atoms with Crippen LogP contribution < -0.4 is 5.32 Å². The first-order chi connectivity index (χ1) is 9.77. The zero-order valence-corrected chi connectivity index (χ0v) is 11.7. The molecular formula is C12H13ClF3N3O2. The van der Waals surface area contributed by atoms with Crippen molar-refractivity contribution in [1.82, 2.24) is 4.98 Å². The summed E-state index contributed by atoms with van der Waals surface area (Å²) < 4.78 is 37.4. The minimum Gasteiger partial charge on any atom is -0.390 e. The third-order valence-electron chi connectivity index (χ3n) is 2.90. The molecule has 0 aliphatic carbocycles. The van der Waals surface area contributed by atoms with Crippen LogP contribution in [0.5, 0.6) is 0 Å². The van der Waals surface area contributed by atoms with Crippen LogP contribution in [0, 0.1) is 0 Å². The lowest BCUT2D eigenvalue weighted by atomic mass is 10.1. The zero-order chi connectivity index (χ0) is 15.6. The van der Waals surface area contributed by atoms with Crippen LogP contribution in [0.4, 0.5) is 19.0 Å². The molecule has 0 fully saturated rings. The van der Waals surface area contributed by atoms with Gasteiger partial charge in [-0.1, -0.05) is 16.8 Å². The van der Waals surface area contributed by atoms with E-state index in [0.29, 0.717) is 18.3 Å². The van der Waals surface area contributed by atoms with Gasteiger partial charge in [0.25, 0.3) is 0 Å². The Balaban J connectivity index is 1.93. The third-order valence-corrected chi connectivity index (χ3v) is 3.19. The molecule has 2 N–H and O–H groups in total. The first-order valence-corrected chi connectivity index (χ1v) is 6.52. The number of aliphatic hydroxyl groups excluding tert-OH is 1. The molecule has 0 spiro atoms. The Labute approximate surface area is 123 Å². The van der Waals surface area contributed by atoms with E-state index in [-0.39, 0.29) is 23.5 Å². The predicted molar refractivity (Wildman–Crippen MR) is 71.3 cm³/mol. The van der Waals surface area contributed by atoms with Crippen molar-refractivity contribution in [1.29, 1.82) is 0 Å². The number of nitrogens with one attached hydrogen (secondary N) is 1. The summed E-state index contributed by atoms with van der Waals surface area (Å²) in [6, 6.07) is 0.810. The van der Waals surface area contributed by atoms with E-state index >= 15 is 0 Å². The molecule has 116 valence electrons. The number of nitrogens with zero attached hydrogens (tertiary/aromatic N) is 2. The van der Waals surface area contributed by atoms with Gasteiger partial charge in [-0.2, -0.15) is 13.2 Å². The number of aromatic nitrogens is 1. The monoisotopic (exact) mass is 323 g/mol. The quantitative estimate of drug-likeness (QED) is 0.894. The molecule has 0 radical (unpaired) electrons. The highest BCUT2D eigenvalue weighted by atomic mass is 35.5. The largest absolute Gasteiger partial charge is 0.417 e. The van der Waals surface area contributed by atoms with Gasteiger partial charge >= 0.3 is 6.18 Å². The van der Waals surface area contributed by atoms with Crippen LogP contribution in [-0.4, -0.2) is 34.6 Å². The van der Waals surface area contributed by atoms with Gasteiger partial charge in [0.15, 0.2) is 0 Å². The highest BCUT2D eigenvalue weighted by Gasteiger charge is 2.31. The number of halogens is 4. The fourth-order valence-corrected chi connectivity index (χ4v) is 1.97. The second-order valence-electron chi connectivity index (χ2n) is 4.62. The Hall–Kier alpha value is -1.54. The van der Waals surface area contributed by atoms with E-state index in [4.69, 9.17) is 16.4 Å². The number of alkyl halides is 3. The summed E-state index contributed by atoms with van der Waals surface area (Å²) in [7, 11) is 0. The van der Waals surface area contributed by atoms with E-state index in [9.17, 15) is 18.3 Å². The Kier molecular flexibility index (Phi) is 4.58. The molecule has 1 aromatic heterocycles. The summed E-state index contributed by atoms with van der Waals surface area (Å²) in [6.45, 7) is 1.84. The first kappa shape index (κ1) is 15.8. The molecule has 0 bridgehead atoms. The van der Waals surface area contributed by atoms with Crippen LogP contribution in [-0.2, 0) is 11.0 Å². The Bertz CT molecular complexity index is 549. The fraction of sp³-hybridized carbons (Fsp3) is 0.500. The van der Waals surface area contributed by atoms with E-state index in [1.165, 1.54) is 0 Å². The summed E-state index contributed by atoms with van der Waals surface area (Å²) in [5.74, 6) is 0.138. The van der Waals surface area contributed by atoms with Crippen LogP contribution >= 0.6 is 11.6 Å². The number of hydrogen-bond donors (Lipinski definition) is 2. The maximum absolute atomic E-state index is 12.5. The van der Waals surface area contributed by atoms with Crippen molar-refractivity contribution >= 4 is 23.1 Å². The fourth-order valence-electron chi connectivity index (χ4n) is 1.74. The van der Waals surface area contributed by atoms with Crippen LogP contribution in [0.1, 0.15) is 18.9 Å². The van der Waals surface area contributed by atoms with E-state index in [1.807, 2.05) is 0 Å². The molecule has 1 aliphatic heterocycles. The van der Waals surface area contributed by atoms with Crippen LogP contribution in [0.3, 0.4) is 0 Å². The average molecular weight is 324 g/mol. The van der Waals surface area contributed by atoms with Crippen LogP contribution in [0.25, 0.3) is 0 Å². The predicted octanol–water partition coefficient (Wildman–Crippen LogP) is 2.69. The van der Waals surface area contributed by atoms with Gasteiger partial charge in [0.05, 0.1) is 28.9 Å². The van der Waals surface area contributed by atoms with Gasteiger partial charge in [0.2, 0.25) is 0 Å². The molecule has 1 aromatic rings. The van der Waals surface area contributed by atoms with Gasteiger partial charge < -0.3 is 15.3 Å². The van der Waals surface area contributed by atoms with Crippen molar-refractivity contribution in [2.24, 2.45) is 5.16 Å². The number of aliphatic hydroxyl groups is 1. The maximum Gasteiger partial charge on any atom is 0.417 e. The van der Waals surface area contributed by atoms with E-state index in [0.717, 1.165) is 6.07 Å². The molecule has 2 heterocycles. The molecule has 0 saturated heterocycles. The Morgan fingerprint density at radius 3 is 2.81 bits per heavy atom. The van der Waals surface area contributed by atoms with Gasteiger partial charge in [-0.25, -0.2) is 4.98 Å². The second-order valence-corrected chi connectivity index (χ2v) is 5.03. The van der Waals surface area contributed by atoms with Gasteiger partial charge in [0.1, 0.15) is 11.9 Å². The number of hydrogen-bond acceptors (Lipinski definition) is 5. The molecule has 2 rings (SSSR count). The molecule has 0 amide bonds. The normalized spacial score (nSPS) is 19.9. The van der Waals surface area contributed by atoms with Crippen molar-refractivity contribution in [3.05, 3.63) is 22.8 Å².